The molecule has 0 saturated heterocycles. The Kier molecular flexibility index (Phi) is 5.95. The lowest BCUT2D eigenvalue weighted by Gasteiger charge is -2.25. The molecule has 0 bridgehead atoms. The predicted octanol–water partition coefficient (Wildman–Crippen LogP) is 2.93. The van der Waals surface area contributed by atoms with Crippen molar-refractivity contribution in [1.29, 1.82) is 0 Å². The van der Waals surface area contributed by atoms with Gasteiger partial charge in [0.1, 0.15) is 5.60 Å². The molecular formula is C15H24N2O3. The van der Waals surface area contributed by atoms with E-state index in [0.29, 0.717) is 24.6 Å². The molecule has 0 aliphatic rings. The second kappa shape index (κ2) is 7.24. The number of hydrogen-bond acceptors (Lipinski definition) is 4. The third kappa shape index (κ3) is 3.93. The zero-order chi connectivity index (χ0) is 15.2. The molecule has 0 unspecified atom stereocenters. The summed E-state index contributed by atoms with van der Waals surface area (Å²) in [6, 6.07) is 1.85. The van der Waals surface area contributed by atoms with Crippen molar-refractivity contribution in [2.45, 2.75) is 46.1 Å². The van der Waals surface area contributed by atoms with Crippen LogP contribution in [0.4, 0.5) is 5.69 Å². The third-order valence-corrected chi connectivity index (χ3v) is 3.34. The fourth-order valence-electron chi connectivity index (χ4n) is 1.64. The number of rotatable bonds is 7. The van der Waals surface area contributed by atoms with Gasteiger partial charge in [-0.25, -0.2) is 4.98 Å². The molecule has 112 valence electrons. The van der Waals surface area contributed by atoms with Gasteiger partial charge in [-0.05, 0) is 32.8 Å². The minimum atomic E-state index is -0.828. The van der Waals surface area contributed by atoms with E-state index in [2.05, 4.69) is 10.3 Å². The number of aryl methyl sites for hydroxylation is 1. The largest absolute Gasteiger partial charge is 0.477 e. The number of aromatic nitrogens is 1. The molecule has 20 heavy (non-hydrogen) atoms. The van der Waals surface area contributed by atoms with Crippen LogP contribution in [-0.2, 0) is 9.53 Å². The molecule has 0 saturated carbocycles. The Balaban J connectivity index is 2.79. The van der Waals surface area contributed by atoms with Crippen LogP contribution in [0.5, 0.6) is 5.88 Å². The lowest BCUT2D eigenvalue weighted by molar-refractivity contribution is -0.136. The van der Waals surface area contributed by atoms with Gasteiger partial charge in [-0.2, -0.15) is 0 Å². The highest BCUT2D eigenvalue weighted by Crippen LogP contribution is 2.21. The summed E-state index contributed by atoms with van der Waals surface area (Å²) >= 11 is 0. The first kappa shape index (κ1) is 16.4. The molecule has 0 aliphatic heterocycles. The average molecular weight is 280 g/mol. The maximum atomic E-state index is 12.2. The van der Waals surface area contributed by atoms with E-state index >= 15 is 0 Å². The molecule has 0 aliphatic carbocycles. The minimum Gasteiger partial charge on any atom is -0.477 e. The van der Waals surface area contributed by atoms with E-state index in [-0.39, 0.29) is 5.91 Å². The average Bonchev–Trinajstić information content (AvgIpc) is 2.45. The third-order valence-electron chi connectivity index (χ3n) is 3.34. The smallest absolute Gasteiger partial charge is 0.256 e. The summed E-state index contributed by atoms with van der Waals surface area (Å²) in [5.74, 6) is 0.431. The van der Waals surface area contributed by atoms with Crippen molar-refractivity contribution < 1.29 is 14.3 Å². The van der Waals surface area contributed by atoms with Crippen molar-refractivity contribution in [3.8, 4) is 5.88 Å². The summed E-state index contributed by atoms with van der Waals surface area (Å²) in [6.45, 7) is 8.26. The highest BCUT2D eigenvalue weighted by molar-refractivity contribution is 5.96. The first-order valence-corrected chi connectivity index (χ1v) is 6.92. The molecule has 5 heteroatoms. The lowest BCUT2D eigenvalue weighted by atomic mass is 10.0. The van der Waals surface area contributed by atoms with Crippen molar-refractivity contribution in [3.05, 3.63) is 17.8 Å². The van der Waals surface area contributed by atoms with Gasteiger partial charge >= 0.3 is 0 Å². The number of hydrogen-bond donors (Lipinski definition) is 1. The van der Waals surface area contributed by atoms with Gasteiger partial charge in [-0.3, -0.25) is 4.79 Å². The Morgan fingerprint density at radius 2 is 2.15 bits per heavy atom. The Labute approximate surface area is 120 Å². The molecule has 1 heterocycles. The first-order valence-electron chi connectivity index (χ1n) is 6.92. The molecule has 1 amide bonds. The number of ether oxygens (including phenoxy) is 2. The molecule has 1 rings (SSSR count). The summed E-state index contributed by atoms with van der Waals surface area (Å²) in [4.78, 5) is 16.4. The van der Waals surface area contributed by atoms with Crippen LogP contribution in [0.2, 0.25) is 0 Å². The van der Waals surface area contributed by atoms with Gasteiger partial charge in [0, 0.05) is 12.7 Å². The Morgan fingerprint density at radius 3 is 2.65 bits per heavy atom. The summed E-state index contributed by atoms with van der Waals surface area (Å²) < 4.78 is 10.8. The molecule has 1 aromatic rings. The first-order chi connectivity index (χ1) is 9.46. The Bertz CT molecular complexity index is 456. The van der Waals surface area contributed by atoms with Crippen LogP contribution in [0, 0.1) is 6.92 Å². The minimum absolute atomic E-state index is 0.175. The number of anilines is 1. The van der Waals surface area contributed by atoms with Gasteiger partial charge < -0.3 is 14.8 Å². The van der Waals surface area contributed by atoms with Crippen molar-refractivity contribution in [3.63, 3.8) is 0 Å². The van der Waals surface area contributed by atoms with E-state index in [0.717, 1.165) is 12.0 Å². The molecule has 0 radical (unpaired) electrons. The van der Waals surface area contributed by atoms with Gasteiger partial charge in [-0.1, -0.05) is 13.8 Å². The molecule has 5 nitrogen and oxygen atoms in total. The van der Waals surface area contributed by atoms with E-state index in [1.165, 1.54) is 7.11 Å². The van der Waals surface area contributed by atoms with Crippen LogP contribution in [0.3, 0.4) is 0 Å². The van der Waals surface area contributed by atoms with Crippen LogP contribution in [-0.4, -0.2) is 30.2 Å². The predicted molar refractivity (Wildman–Crippen MR) is 79.1 cm³/mol. The second-order valence-corrected chi connectivity index (χ2v) is 4.94. The molecule has 1 aromatic heterocycles. The van der Waals surface area contributed by atoms with Gasteiger partial charge in [0.15, 0.2) is 0 Å². The molecule has 0 fully saturated rings. The highest BCUT2D eigenvalue weighted by Gasteiger charge is 2.31. The quantitative estimate of drug-likeness (QED) is 0.834. The van der Waals surface area contributed by atoms with Gasteiger partial charge in [0.2, 0.25) is 5.88 Å². The van der Waals surface area contributed by atoms with Crippen LogP contribution in [0.15, 0.2) is 12.3 Å². The monoisotopic (exact) mass is 280 g/mol. The molecule has 1 atom stereocenters. The number of nitrogens with one attached hydrogen (secondary N) is 1. The van der Waals surface area contributed by atoms with Gasteiger partial charge in [0.05, 0.1) is 18.5 Å². The number of carbonyl (C=O) groups excluding carboxylic acids is 1. The molecular weight excluding hydrogens is 256 g/mol. The van der Waals surface area contributed by atoms with Crippen molar-refractivity contribution in [2.75, 3.05) is 19.0 Å². The fourth-order valence-corrected chi connectivity index (χ4v) is 1.64. The zero-order valence-electron chi connectivity index (χ0n) is 12.9. The standard InChI is InChI=1S/C15H24N2O3/c1-6-8-20-13-11(3)9-12(10-16-13)17-14(18)15(4,7-2)19-5/h9-10H,6-8H2,1-5H3,(H,17,18)/t15-/m1/s1. The second-order valence-electron chi connectivity index (χ2n) is 4.94. The maximum Gasteiger partial charge on any atom is 0.256 e. The summed E-state index contributed by atoms with van der Waals surface area (Å²) in [5, 5.41) is 2.83. The summed E-state index contributed by atoms with van der Waals surface area (Å²) in [6.07, 6.45) is 3.13. The Morgan fingerprint density at radius 1 is 1.45 bits per heavy atom. The van der Waals surface area contributed by atoms with E-state index in [4.69, 9.17) is 9.47 Å². The summed E-state index contributed by atoms with van der Waals surface area (Å²) in [7, 11) is 1.54. The SMILES string of the molecule is CCCOc1ncc(NC(=O)[C@@](C)(CC)OC)cc1C. The lowest BCUT2D eigenvalue weighted by Crippen LogP contribution is -2.41. The normalized spacial score (nSPS) is 13.7. The van der Waals surface area contributed by atoms with Gasteiger partial charge in [-0.15, -0.1) is 0 Å². The maximum absolute atomic E-state index is 12.2. The number of nitrogens with zero attached hydrogens (tertiary/aromatic N) is 1. The van der Waals surface area contributed by atoms with Crippen molar-refractivity contribution in [2.24, 2.45) is 0 Å². The number of carbonyl (C=O) groups is 1. The molecule has 0 spiro atoms. The fraction of sp³-hybridized carbons (Fsp3) is 0.600. The van der Waals surface area contributed by atoms with Crippen molar-refractivity contribution >= 4 is 11.6 Å². The van der Waals surface area contributed by atoms with E-state index < -0.39 is 5.60 Å². The highest BCUT2D eigenvalue weighted by atomic mass is 16.5. The summed E-state index contributed by atoms with van der Waals surface area (Å²) in [5.41, 5.74) is 0.714. The van der Waals surface area contributed by atoms with Crippen LogP contribution in [0.1, 0.15) is 39.2 Å². The topological polar surface area (TPSA) is 60.5 Å². The molecule has 1 N–H and O–H groups in total. The number of pyridine rings is 1. The Hall–Kier alpha value is -1.62. The van der Waals surface area contributed by atoms with E-state index in [9.17, 15) is 4.79 Å². The van der Waals surface area contributed by atoms with E-state index in [1.807, 2.05) is 26.8 Å². The van der Waals surface area contributed by atoms with Crippen molar-refractivity contribution in [1.82, 2.24) is 4.98 Å². The van der Waals surface area contributed by atoms with E-state index in [1.54, 1.807) is 13.1 Å². The zero-order valence-corrected chi connectivity index (χ0v) is 12.9. The van der Waals surface area contributed by atoms with Crippen LogP contribution >= 0.6 is 0 Å². The van der Waals surface area contributed by atoms with Crippen LogP contribution < -0.4 is 10.1 Å². The number of amides is 1. The molecule has 0 aromatic carbocycles. The number of methoxy groups -OCH3 is 1. The van der Waals surface area contributed by atoms with Gasteiger partial charge in [0.25, 0.3) is 5.91 Å². The van der Waals surface area contributed by atoms with Crippen LogP contribution in [0.25, 0.3) is 0 Å².